The Bertz CT molecular complexity index is 244. The monoisotopic (exact) mass is 211 g/mol. The lowest BCUT2D eigenvalue weighted by Crippen LogP contribution is -2.42. The third-order valence-corrected chi connectivity index (χ3v) is 3.83. The standard InChI is InChI=1S/C11H21N3O/c12-9-2-1-3-10(6-9)14-5-4-8(7-14)11(13)15/h8-10H,1-7,12H2,(H2,13,15). The van der Waals surface area contributed by atoms with Crippen LogP contribution in [-0.2, 0) is 4.79 Å². The van der Waals surface area contributed by atoms with Crippen molar-refractivity contribution in [3.8, 4) is 0 Å². The number of amides is 1. The number of hydrogen-bond donors (Lipinski definition) is 2. The van der Waals surface area contributed by atoms with E-state index in [1.165, 1.54) is 12.8 Å². The molecule has 1 saturated heterocycles. The van der Waals surface area contributed by atoms with Crippen molar-refractivity contribution in [2.24, 2.45) is 17.4 Å². The molecule has 2 fully saturated rings. The normalized spacial score (nSPS) is 38.1. The minimum Gasteiger partial charge on any atom is -0.369 e. The molecule has 15 heavy (non-hydrogen) atoms. The molecule has 3 atom stereocenters. The quantitative estimate of drug-likeness (QED) is 0.678. The highest BCUT2D eigenvalue weighted by Crippen LogP contribution is 2.27. The summed E-state index contributed by atoms with van der Waals surface area (Å²) >= 11 is 0. The van der Waals surface area contributed by atoms with E-state index < -0.39 is 0 Å². The number of carbonyl (C=O) groups excluding carboxylic acids is 1. The van der Waals surface area contributed by atoms with Crippen LogP contribution in [-0.4, -0.2) is 36.0 Å². The highest BCUT2D eigenvalue weighted by atomic mass is 16.1. The van der Waals surface area contributed by atoms with E-state index >= 15 is 0 Å². The summed E-state index contributed by atoms with van der Waals surface area (Å²) in [6, 6.07) is 0.953. The molecule has 86 valence electrons. The van der Waals surface area contributed by atoms with Crippen molar-refractivity contribution >= 4 is 5.91 Å². The van der Waals surface area contributed by atoms with E-state index in [0.717, 1.165) is 32.4 Å². The second-order valence-corrected chi connectivity index (χ2v) is 4.96. The van der Waals surface area contributed by atoms with Crippen molar-refractivity contribution in [2.75, 3.05) is 13.1 Å². The number of nitrogens with zero attached hydrogens (tertiary/aromatic N) is 1. The number of carbonyl (C=O) groups is 1. The second-order valence-electron chi connectivity index (χ2n) is 4.96. The number of hydrogen-bond acceptors (Lipinski definition) is 3. The molecule has 1 aliphatic heterocycles. The van der Waals surface area contributed by atoms with Crippen LogP contribution in [0.25, 0.3) is 0 Å². The third kappa shape index (κ3) is 2.49. The zero-order valence-corrected chi connectivity index (χ0v) is 9.19. The molecule has 4 heteroatoms. The largest absolute Gasteiger partial charge is 0.369 e. The van der Waals surface area contributed by atoms with Gasteiger partial charge in [-0.25, -0.2) is 0 Å². The van der Waals surface area contributed by atoms with Gasteiger partial charge in [-0.15, -0.1) is 0 Å². The van der Waals surface area contributed by atoms with Crippen LogP contribution in [0, 0.1) is 5.92 Å². The van der Waals surface area contributed by atoms with Crippen LogP contribution in [0.1, 0.15) is 32.1 Å². The summed E-state index contributed by atoms with van der Waals surface area (Å²) in [5, 5.41) is 0. The lowest BCUT2D eigenvalue weighted by atomic mass is 9.91. The van der Waals surface area contributed by atoms with E-state index in [1.54, 1.807) is 0 Å². The molecular formula is C11H21N3O. The second kappa shape index (κ2) is 4.49. The minimum absolute atomic E-state index is 0.0724. The molecule has 0 radical (unpaired) electrons. The molecule has 0 aromatic rings. The summed E-state index contributed by atoms with van der Waals surface area (Å²) in [6.07, 6.45) is 5.64. The Morgan fingerprint density at radius 2 is 2.07 bits per heavy atom. The van der Waals surface area contributed by atoms with Crippen molar-refractivity contribution in [2.45, 2.75) is 44.2 Å². The molecular weight excluding hydrogens is 190 g/mol. The molecule has 1 saturated carbocycles. The van der Waals surface area contributed by atoms with E-state index in [0.29, 0.717) is 12.1 Å². The number of nitrogens with two attached hydrogens (primary N) is 2. The van der Waals surface area contributed by atoms with Gasteiger partial charge >= 0.3 is 0 Å². The molecule has 0 spiro atoms. The molecule has 0 aromatic carbocycles. The van der Waals surface area contributed by atoms with Crippen molar-refractivity contribution in [3.63, 3.8) is 0 Å². The Morgan fingerprint density at radius 1 is 1.27 bits per heavy atom. The summed E-state index contributed by atoms with van der Waals surface area (Å²) in [6.45, 7) is 1.87. The molecule has 4 N–H and O–H groups in total. The lowest BCUT2D eigenvalue weighted by Gasteiger charge is -2.33. The van der Waals surface area contributed by atoms with Gasteiger partial charge < -0.3 is 11.5 Å². The zero-order chi connectivity index (χ0) is 10.8. The average Bonchev–Trinajstić information content (AvgIpc) is 2.66. The third-order valence-electron chi connectivity index (χ3n) is 3.83. The molecule has 2 rings (SSSR count). The van der Waals surface area contributed by atoms with E-state index in [-0.39, 0.29) is 11.8 Å². The van der Waals surface area contributed by atoms with Crippen LogP contribution in [0.15, 0.2) is 0 Å². The van der Waals surface area contributed by atoms with Gasteiger partial charge in [0.2, 0.25) is 5.91 Å². The average molecular weight is 211 g/mol. The Balaban J connectivity index is 1.87. The van der Waals surface area contributed by atoms with Crippen LogP contribution in [0.3, 0.4) is 0 Å². The SMILES string of the molecule is NC(=O)C1CCN(C2CCCC(N)C2)C1. The van der Waals surface area contributed by atoms with Crippen LogP contribution in [0.4, 0.5) is 0 Å². The molecule has 2 aliphatic rings. The van der Waals surface area contributed by atoms with Crippen LogP contribution in [0.5, 0.6) is 0 Å². The number of rotatable bonds is 2. The summed E-state index contributed by atoms with van der Waals surface area (Å²) in [4.78, 5) is 13.5. The fourth-order valence-corrected chi connectivity index (χ4v) is 2.88. The zero-order valence-electron chi connectivity index (χ0n) is 9.19. The van der Waals surface area contributed by atoms with Gasteiger partial charge in [-0.3, -0.25) is 9.69 Å². The molecule has 1 heterocycles. The van der Waals surface area contributed by atoms with Gasteiger partial charge in [-0.1, -0.05) is 6.42 Å². The number of primary amides is 1. The summed E-state index contributed by atoms with van der Waals surface area (Å²) < 4.78 is 0. The van der Waals surface area contributed by atoms with E-state index in [9.17, 15) is 4.79 Å². The first-order valence-electron chi connectivity index (χ1n) is 5.95. The molecule has 3 unspecified atom stereocenters. The first-order chi connectivity index (χ1) is 7.16. The van der Waals surface area contributed by atoms with Gasteiger partial charge in [0.05, 0.1) is 5.92 Å². The van der Waals surface area contributed by atoms with Crippen molar-refractivity contribution < 1.29 is 4.79 Å². The molecule has 0 bridgehead atoms. The van der Waals surface area contributed by atoms with E-state index in [4.69, 9.17) is 11.5 Å². The Labute approximate surface area is 91.0 Å². The molecule has 1 amide bonds. The Hall–Kier alpha value is -0.610. The van der Waals surface area contributed by atoms with Gasteiger partial charge in [0.25, 0.3) is 0 Å². The summed E-state index contributed by atoms with van der Waals surface area (Å²) in [5.41, 5.74) is 11.3. The maximum absolute atomic E-state index is 11.1. The first kappa shape index (κ1) is 10.9. The predicted molar refractivity (Wildman–Crippen MR) is 59.1 cm³/mol. The van der Waals surface area contributed by atoms with Crippen molar-refractivity contribution in [3.05, 3.63) is 0 Å². The topological polar surface area (TPSA) is 72.4 Å². The summed E-state index contributed by atoms with van der Waals surface area (Å²) in [7, 11) is 0. The van der Waals surface area contributed by atoms with Gasteiger partial charge in [0, 0.05) is 18.6 Å². The highest BCUT2D eigenvalue weighted by Gasteiger charge is 2.32. The van der Waals surface area contributed by atoms with Gasteiger partial charge in [0.1, 0.15) is 0 Å². The predicted octanol–water partition coefficient (Wildman–Crippen LogP) is 0.0635. The van der Waals surface area contributed by atoms with Crippen molar-refractivity contribution in [1.29, 1.82) is 0 Å². The van der Waals surface area contributed by atoms with Crippen LogP contribution < -0.4 is 11.5 Å². The Morgan fingerprint density at radius 3 is 2.67 bits per heavy atom. The molecule has 1 aliphatic carbocycles. The number of likely N-dealkylation sites (tertiary alicyclic amines) is 1. The fraction of sp³-hybridized carbons (Fsp3) is 0.909. The lowest BCUT2D eigenvalue weighted by molar-refractivity contribution is -0.121. The van der Waals surface area contributed by atoms with E-state index in [1.807, 2.05) is 0 Å². The smallest absolute Gasteiger partial charge is 0.221 e. The fourth-order valence-electron chi connectivity index (χ4n) is 2.88. The first-order valence-corrected chi connectivity index (χ1v) is 5.95. The van der Waals surface area contributed by atoms with Crippen molar-refractivity contribution in [1.82, 2.24) is 4.90 Å². The minimum atomic E-state index is -0.141. The van der Waals surface area contributed by atoms with Gasteiger partial charge in [0.15, 0.2) is 0 Å². The van der Waals surface area contributed by atoms with Gasteiger partial charge in [-0.05, 0) is 32.2 Å². The van der Waals surface area contributed by atoms with Crippen LogP contribution >= 0.6 is 0 Å². The highest BCUT2D eigenvalue weighted by molar-refractivity contribution is 5.77. The maximum atomic E-state index is 11.1. The molecule has 4 nitrogen and oxygen atoms in total. The summed E-state index contributed by atoms with van der Waals surface area (Å²) in [5.74, 6) is -0.0687. The van der Waals surface area contributed by atoms with Gasteiger partial charge in [-0.2, -0.15) is 0 Å². The maximum Gasteiger partial charge on any atom is 0.221 e. The van der Waals surface area contributed by atoms with E-state index in [2.05, 4.69) is 4.90 Å². The van der Waals surface area contributed by atoms with Crippen LogP contribution in [0.2, 0.25) is 0 Å². The Kier molecular flexibility index (Phi) is 3.26. The molecule has 0 aromatic heterocycles.